The fourth-order valence-electron chi connectivity index (χ4n) is 13.7. The van der Waals surface area contributed by atoms with Gasteiger partial charge in [0.1, 0.15) is 0 Å². The van der Waals surface area contributed by atoms with Crippen LogP contribution in [0.4, 0.5) is 11.4 Å². The summed E-state index contributed by atoms with van der Waals surface area (Å²) >= 11 is 0. The molecule has 0 aromatic carbocycles. The molecule has 10 atom stereocenters. The third-order valence-electron chi connectivity index (χ3n) is 16.7. The number of rotatable bonds is 17. The molecule has 314 valence electrons. The van der Waals surface area contributed by atoms with Gasteiger partial charge >= 0.3 is 0 Å². The van der Waals surface area contributed by atoms with E-state index in [0.717, 1.165) is 92.1 Å². The first-order chi connectivity index (χ1) is 27.7. The van der Waals surface area contributed by atoms with Crippen LogP contribution in [-0.4, -0.2) is 64.1 Å². The minimum Gasteiger partial charge on any atom is -0.399 e. The Kier molecular flexibility index (Phi) is 13.6. The summed E-state index contributed by atoms with van der Waals surface area (Å²) in [6.07, 6.45) is 29.9. The standard InChI is InChI=1S/C50H79N7/c1-35(2)10-7-11-36(3)43-16-17-45-44(43)18-19-47-46(45)15-14-37-30-39(20-23-50(37,47)4)52-24-5-6-25-53-40-22-27-55-42(32-40)34-57-29-9-13-49(57)48-12-8-28-56(48)33-41-31-38(51)21-26-54-41/h14,21-22,26-27,31-32,35-36,39,43-49,52H,5-13,15-20,23-25,28-30,33-34H2,1-4H3,(H2,51,54)(H,53,55)/t36-,39-,43-,44?,45-,46+,47+,48+,49+,50+/m1/s1. The van der Waals surface area contributed by atoms with E-state index in [1.807, 2.05) is 30.1 Å². The summed E-state index contributed by atoms with van der Waals surface area (Å²) in [5.74, 6) is 6.72. The number of nitrogens with two attached hydrogens (primary N) is 1. The predicted octanol–water partition coefficient (Wildman–Crippen LogP) is 10.5. The van der Waals surface area contributed by atoms with Gasteiger partial charge in [0.2, 0.25) is 0 Å². The molecule has 7 heteroatoms. The van der Waals surface area contributed by atoms with E-state index in [-0.39, 0.29) is 0 Å². The van der Waals surface area contributed by atoms with E-state index in [2.05, 4.69) is 71.3 Å². The topological polar surface area (TPSA) is 82.3 Å². The van der Waals surface area contributed by atoms with Gasteiger partial charge in [-0.15, -0.1) is 0 Å². The fourth-order valence-corrected chi connectivity index (χ4v) is 13.7. The highest BCUT2D eigenvalue weighted by Crippen LogP contribution is 2.63. The smallest absolute Gasteiger partial charge is 0.0564 e. The molecule has 4 N–H and O–H groups in total. The van der Waals surface area contributed by atoms with Gasteiger partial charge in [-0.1, -0.05) is 58.6 Å². The minimum absolute atomic E-state index is 0.461. The van der Waals surface area contributed by atoms with E-state index >= 15 is 0 Å². The second kappa shape index (κ2) is 18.8. The van der Waals surface area contributed by atoms with Crippen LogP contribution in [0.5, 0.6) is 0 Å². The Hall–Kier alpha value is -2.48. The van der Waals surface area contributed by atoms with E-state index in [4.69, 9.17) is 10.7 Å². The zero-order chi connectivity index (χ0) is 39.4. The van der Waals surface area contributed by atoms with Crippen molar-refractivity contribution in [2.45, 2.75) is 168 Å². The highest BCUT2D eigenvalue weighted by atomic mass is 15.3. The van der Waals surface area contributed by atoms with E-state index < -0.39 is 0 Å². The van der Waals surface area contributed by atoms with Crippen LogP contribution in [0.3, 0.4) is 0 Å². The summed E-state index contributed by atoms with van der Waals surface area (Å²) < 4.78 is 0. The molecule has 57 heavy (non-hydrogen) atoms. The number of allylic oxidation sites excluding steroid dienone is 1. The molecular weight excluding hydrogens is 699 g/mol. The number of aromatic nitrogens is 2. The Morgan fingerprint density at radius 3 is 2.26 bits per heavy atom. The SMILES string of the molecule is CC(C)CCC[C@@H](C)[C@H]1CC[C@@H]2C1CC[C@H]1[C@H]2CC=C2C[C@H](NCCCCNc3ccnc(CN4CCC[C@H]4[C@@H]4CCCN4Cc4cc(N)ccn4)c3)CC[C@@]21C. The molecule has 8 rings (SSSR count). The van der Waals surface area contributed by atoms with Gasteiger partial charge in [-0.3, -0.25) is 19.8 Å². The maximum atomic E-state index is 6.07. The molecule has 2 aliphatic heterocycles. The normalized spacial score (nSPS) is 33.5. The first-order valence-electron chi connectivity index (χ1n) is 24.1. The van der Waals surface area contributed by atoms with Crippen molar-refractivity contribution in [2.75, 3.05) is 37.2 Å². The maximum Gasteiger partial charge on any atom is 0.0564 e. The van der Waals surface area contributed by atoms with Gasteiger partial charge in [0.15, 0.2) is 0 Å². The van der Waals surface area contributed by atoms with Gasteiger partial charge in [0.25, 0.3) is 0 Å². The zero-order valence-electron chi connectivity index (χ0n) is 36.4. The van der Waals surface area contributed by atoms with Crippen molar-refractivity contribution in [1.29, 1.82) is 0 Å². The molecule has 3 saturated carbocycles. The van der Waals surface area contributed by atoms with Crippen LogP contribution < -0.4 is 16.4 Å². The number of nitrogens with zero attached hydrogens (tertiary/aromatic N) is 4. The molecule has 1 unspecified atom stereocenters. The van der Waals surface area contributed by atoms with Gasteiger partial charge in [0.05, 0.1) is 11.4 Å². The lowest BCUT2D eigenvalue weighted by Gasteiger charge is -2.56. The summed E-state index contributed by atoms with van der Waals surface area (Å²) in [7, 11) is 0. The van der Waals surface area contributed by atoms with Crippen molar-refractivity contribution in [2.24, 2.45) is 46.8 Å². The third kappa shape index (κ3) is 9.62. The Balaban J connectivity index is 0.751. The van der Waals surface area contributed by atoms with E-state index in [0.29, 0.717) is 23.5 Å². The van der Waals surface area contributed by atoms with Crippen molar-refractivity contribution in [3.63, 3.8) is 0 Å². The summed E-state index contributed by atoms with van der Waals surface area (Å²) in [5.41, 5.74) is 12.7. The molecule has 0 amide bonds. The first kappa shape index (κ1) is 41.3. The number of likely N-dealkylation sites (tertiary alicyclic amines) is 2. The number of anilines is 2. The molecule has 2 saturated heterocycles. The lowest BCUT2D eigenvalue weighted by molar-refractivity contribution is -0.00241. The molecule has 0 radical (unpaired) electrons. The fraction of sp³-hybridized carbons (Fsp3) is 0.760. The average molecular weight is 778 g/mol. The van der Waals surface area contributed by atoms with Gasteiger partial charge in [0, 0.05) is 61.5 Å². The van der Waals surface area contributed by atoms with Crippen molar-refractivity contribution in [1.82, 2.24) is 25.1 Å². The minimum atomic E-state index is 0.461. The van der Waals surface area contributed by atoms with Crippen LogP contribution in [0, 0.1) is 46.8 Å². The summed E-state index contributed by atoms with van der Waals surface area (Å²) in [5, 5.41) is 7.76. The second-order valence-corrected chi connectivity index (χ2v) is 20.6. The van der Waals surface area contributed by atoms with Crippen LogP contribution >= 0.6 is 0 Å². The van der Waals surface area contributed by atoms with E-state index in [1.54, 1.807) is 0 Å². The molecule has 0 bridgehead atoms. The molecule has 2 aromatic rings. The number of hydrogen-bond acceptors (Lipinski definition) is 7. The first-order valence-corrected chi connectivity index (χ1v) is 24.1. The number of nitrogens with one attached hydrogen (secondary N) is 2. The highest BCUT2D eigenvalue weighted by Gasteiger charge is 2.54. The van der Waals surface area contributed by atoms with E-state index in [9.17, 15) is 0 Å². The summed E-state index contributed by atoms with van der Waals surface area (Å²) in [6.45, 7) is 16.4. The van der Waals surface area contributed by atoms with Crippen molar-refractivity contribution in [3.05, 3.63) is 59.7 Å². The molecule has 7 nitrogen and oxygen atoms in total. The van der Waals surface area contributed by atoms with Gasteiger partial charge < -0.3 is 16.4 Å². The van der Waals surface area contributed by atoms with Crippen LogP contribution in [-0.2, 0) is 13.1 Å². The monoisotopic (exact) mass is 778 g/mol. The van der Waals surface area contributed by atoms with Crippen LogP contribution in [0.1, 0.15) is 148 Å². The Bertz CT molecular complexity index is 1620. The average Bonchev–Trinajstić information content (AvgIpc) is 3.96. The Morgan fingerprint density at radius 2 is 1.51 bits per heavy atom. The zero-order valence-corrected chi connectivity index (χ0v) is 36.4. The second-order valence-electron chi connectivity index (χ2n) is 20.6. The summed E-state index contributed by atoms with van der Waals surface area (Å²) in [4.78, 5) is 14.8. The maximum absolute atomic E-state index is 6.07. The molecule has 2 aromatic heterocycles. The lowest BCUT2D eigenvalue weighted by Crippen LogP contribution is -2.49. The third-order valence-corrected chi connectivity index (χ3v) is 16.7. The Labute approximate surface area is 347 Å². The van der Waals surface area contributed by atoms with Gasteiger partial charge in [-0.05, 0) is 181 Å². The molecular formula is C50H79N7. The summed E-state index contributed by atoms with van der Waals surface area (Å²) in [6, 6.07) is 10.2. The largest absolute Gasteiger partial charge is 0.399 e. The quantitative estimate of drug-likeness (QED) is 0.109. The molecule has 0 spiro atoms. The van der Waals surface area contributed by atoms with Crippen molar-refractivity contribution >= 4 is 11.4 Å². The molecule has 6 aliphatic rings. The van der Waals surface area contributed by atoms with Crippen LogP contribution in [0.15, 0.2) is 48.3 Å². The van der Waals surface area contributed by atoms with Crippen LogP contribution in [0.2, 0.25) is 0 Å². The Morgan fingerprint density at radius 1 is 0.789 bits per heavy atom. The number of pyridine rings is 2. The number of unbranched alkanes of at least 4 members (excludes halogenated alkanes) is 1. The predicted molar refractivity (Wildman–Crippen MR) is 238 cm³/mol. The van der Waals surface area contributed by atoms with Crippen molar-refractivity contribution < 1.29 is 0 Å². The number of hydrogen-bond donors (Lipinski definition) is 3. The molecule has 4 aliphatic carbocycles. The number of fused-ring (bicyclic) bond motifs is 5. The van der Waals surface area contributed by atoms with Crippen molar-refractivity contribution in [3.8, 4) is 0 Å². The van der Waals surface area contributed by atoms with Gasteiger partial charge in [-0.2, -0.15) is 0 Å². The van der Waals surface area contributed by atoms with E-state index in [1.165, 1.54) is 121 Å². The lowest BCUT2D eigenvalue weighted by atomic mass is 9.50. The number of nitrogen functional groups attached to an aromatic ring is 1. The van der Waals surface area contributed by atoms with Crippen LogP contribution in [0.25, 0.3) is 0 Å². The molecule has 4 heterocycles. The highest BCUT2D eigenvalue weighted by molar-refractivity contribution is 5.43. The van der Waals surface area contributed by atoms with Gasteiger partial charge in [-0.25, -0.2) is 0 Å². The molecule has 5 fully saturated rings.